The zero-order valence-electron chi connectivity index (χ0n) is 9.92. The van der Waals surface area contributed by atoms with Crippen LogP contribution in [0.4, 0.5) is 0 Å². The lowest BCUT2D eigenvalue weighted by Crippen LogP contribution is -2.41. The second kappa shape index (κ2) is 4.65. The minimum Gasteiger partial charge on any atom is -0.342 e. The number of nitriles is 1. The fraction of sp³-hybridized carbons (Fsp3) is 0.833. The molecule has 0 unspecified atom stereocenters. The van der Waals surface area contributed by atoms with Gasteiger partial charge in [-0.3, -0.25) is 4.79 Å². The molecule has 15 heavy (non-hydrogen) atoms. The summed E-state index contributed by atoms with van der Waals surface area (Å²) < 4.78 is 0. The molecule has 1 saturated heterocycles. The van der Waals surface area contributed by atoms with E-state index in [0.29, 0.717) is 11.3 Å². The first kappa shape index (κ1) is 12.0. The average Bonchev–Trinajstić information content (AvgIpc) is 2.17. The highest BCUT2D eigenvalue weighted by Crippen LogP contribution is 2.34. The second-order valence-electron chi connectivity index (χ2n) is 5.36. The van der Waals surface area contributed by atoms with E-state index in [-0.39, 0.29) is 12.3 Å². The lowest BCUT2D eigenvalue weighted by atomic mass is 9.75. The summed E-state index contributed by atoms with van der Waals surface area (Å²) in [7, 11) is 0. The van der Waals surface area contributed by atoms with E-state index in [1.807, 2.05) is 11.0 Å². The van der Waals surface area contributed by atoms with E-state index in [1.165, 1.54) is 0 Å². The zero-order chi connectivity index (χ0) is 11.5. The number of hydrogen-bond donors (Lipinski definition) is 0. The molecule has 0 aromatic carbocycles. The minimum absolute atomic E-state index is 0.00939. The van der Waals surface area contributed by atoms with Gasteiger partial charge < -0.3 is 4.90 Å². The Morgan fingerprint density at radius 3 is 2.33 bits per heavy atom. The number of amides is 1. The molecule has 0 aromatic heterocycles. The number of carbonyl (C=O) groups excluding carboxylic acids is 1. The fourth-order valence-corrected chi connectivity index (χ4v) is 2.17. The van der Waals surface area contributed by atoms with Crippen LogP contribution in [0, 0.1) is 22.7 Å². The van der Waals surface area contributed by atoms with Gasteiger partial charge in [-0.15, -0.1) is 0 Å². The molecule has 1 amide bonds. The molecule has 84 valence electrons. The molecule has 0 saturated carbocycles. The molecule has 0 atom stereocenters. The topological polar surface area (TPSA) is 44.1 Å². The molecule has 1 aliphatic heterocycles. The molecule has 0 spiro atoms. The molecule has 1 aliphatic rings. The van der Waals surface area contributed by atoms with Crippen LogP contribution in [0.5, 0.6) is 0 Å². The Morgan fingerprint density at radius 2 is 1.93 bits per heavy atom. The van der Waals surface area contributed by atoms with Crippen LogP contribution in [0.2, 0.25) is 0 Å². The molecular weight excluding hydrogens is 188 g/mol. The Balaban J connectivity index is 2.43. The van der Waals surface area contributed by atoms with Crippen LogP contribution in [-0.4, -0.2) is 23.9 Å². The summed E-state index contributed by atoms with van der Waals surface area (Å²) in [5, 5.41) is 8.45. The molecule has 0 aromatic rings. The highest BCUT2D eigenvalue weighted by atomic mass is 16.2. The van der Waals surface area contributed by atoms with E-state index in [4.69, 9.17) is 5.26 Å². The van der Waals surface area contributed by atoms with E-state index in [1.54, 1.807) is 0 Å². The molecule has 3 nitrogen and oxygen atoms in total. The largest absolute Gasteiger partial charge is 0.342 e. The third-order valence-electron chi connectivity index (χ3n) is 3.30. The first-order valence-electron chi connectivity index (χ1n) is 5.60. The summed E-state index contributed by atoms with van der Waals surface area (Å²) in [6.07, 6.45) is 2.17. The summed E-state index contributed by atoms with van der Waals surface area (Å²) in [6.45, 7) is 8.41. The Morgan fingerprint density at radius 1 is 1.40 bits per heavy atom. The van der Waals surface area contributed by atoms with Crippen molar-refractivity contribution in [2.75, 3.05) is 13.1 Å². The van der Waals surface area contributed by atoms with Gasteiger partial charge in [0.25, 0.3) is 0 Å². The van der Waals surface area contributed by atoms with Crippen molar-refractivity contribution in [2.24, 2.45) is 11.3 Å². The number of rotatable bonds is 1. The van der Waals surface area contributed by atoms with Crippen LogP contribution in [0.3, 0.4) is 0 Å². The van der Waals surface area contributed by atoms with Crippen molar-refractivity contribution in [3.8, 4) is 6.07 Å². The molecule has 0 radical (unpaired) electrons. The maximum absolute atomic E-state index is 11.5. The molecular formula is C12H20N2O. The summed E-state index contributed by atoms with van der Waals surface area (Å²) >= 11 is 0. The SMILES string of the molecule is CC(C)(C)C1CCN(C(=O)CC#N)CC1. The first-order chi connectivity index (χ1) is 6.95. The quantitative estimate of drug-likeness (QED) is 0.663. The summed E-state index contributed by atoms with van der Waals surface area (Å²) in [5.41, 5.74) is 0.338. The summed E-state index contributed by atoms with van der Waals surface area (Å²) in [5.74, 6) is 0.688. The smallest absolute Gasteiger partial charge is 0.236 e. The van der Waals surface area contributed by atoms with Gasteiger partial charge in [0.1, 0.15) is 6.42 Å². The highest BCUT2D eigenvalue weighted by Gasteiger charge is 2.29. The number of likely N-dealkylation sites (tertiary alicyclic amines) is 1. The van der Waals surface area contributed by atoms with E-state index in [9.17, 15) is 4.79 Å². The Hall–Kier alpha value is -1.04. The van der Waals surface area contributed by atoms with Gasteiger partial charge in [0, 0.05) is 13.1 Å². The van der Waals surface area contributed by atoms with Gasteiger partial charge in [-0.25, -0.2) is 0 Å². The maximum Gasteiger partial charge on any atom is 0.236 e. The normalized spacial score (nSPS) is 18.7. The van der Waals surface area contributed by atoms with Crippen molar-refractivity contribution in [1.29, 1.82) is 5.26 Å². The lowest BCUT2D eigenvalue weighted by Gasteiger charge is -2.38. The number of hydrogen-bond acceptors (Lipinski definition) is 2. The van der Waals surface area contributed by atoms with Gasteiger partial charge in [0.05, 0.1) is 6.07 Å². The third kappa shape index (κ3) is 3.23. The minimum atomic E-state index is -0.00939. The van der Waals surface area contributed by atoms with E-state index < -0.39 is 0 Å². The van der Waals surface area contributed by atoms with Crippen molar-refractivity contribution < 1.29 is 4.79 Å². The molecule has 1 rings (SSSR count). The van der Waals surface area contributed by atoms with E-state index >= 15 is 0 Å². The Labute approximate surface area is 92.1 Å². The van der Waals surface area contributed by atoms with Gasteiger partial charge in [-0.2, -0.15) is 5.26 Å². The van der Waals surface area contributed by atoms with Crippen LogP contribution in [0.15, 0.2) is 0 Å². The predicted molar refractivity (Wildman–Crippen MR) is 59.0 cm³/mol. The van der Waals surface area contributed by atoms with Crippen LogP contribution in [-0.2, 0) is 4.79 Å². The maximum atomic E-state index is 11.5. The summed E-state index contributed by atoms with van der Waals surface area (Å²) in [4.78, 5) is 13.3. The van der Waals surface area contributed by atoms with Crippen molar-refractivity contribution >= 4 is 5.91 Å². The zero-order valence-corrected chi connectivity index (χ0v) is 9.92. The first-order valence-corrected chi connectivity index (χ1v) is 5.60. The Kier molecular flexibility index (Phi) is 3.73. The molecule has 0 N–H and O–H groups in total. The van der Waals surface area contributed by atoms with Gasteiger partial charge in [0.15, 0.2) is 0 Å². The molecule has 0 bridgehead atoms. The molecule has 1 fully saturated rings. The predicted octanol–water partition coefficient (Wildman–Crippen LogP) is 2.18. The van der Waals surface area contributed by atoms with E-state index in [2.05, 4.69) is 20.8 Å². The van der Waals surface area contributed by atoms with Crippen LogP contribution < -0.4 is 0 Å². The third-order valence-corrected chi connectivity index (χ3v) is 3.30. The van der Waals surface area contributed by atoms with Crippen molar-refractivity contribution in [1.82, 2.24) is 4.90 Å². The molecule has 3 heteroatoms. The monoisotopic (exact) mass is 208 g/mol. The van der Waals surface area contributed by atoms with Gasteiger partial charge in [0.2, 0.25) is 5.91 Å². The van der Waals surface area contributed by atoms with E-state index in [0.717, 1.165) is 25.9 Å². The van der Waals surface area contributed by atoms with Gasteiger partial charge >= 0.3 is 0 Å². The van der Waals surface area contributed by atoms with Crippen LogP contribution in [0.25, 0.3) is 0 Å². The van der Waals surface area contributed by atoms with Gasteiger partial charge in [-0.1, -0.05) is 20.8 Å². The molecule has 1 heterocycles. The molecule has 0 aliphatic carbocycles. The van der Waals surface area contributed by atoms with Crippen LogP contribution in [0.1, 0.15) is 40.0 Å². The average molecular weight is 208 g/mol. The fourth-order valence-electron chi connectivity index (χ4n) is 2.17. The lowest BCUT2D eigenvalue weighted by molar-refractivity contribution is -0.132. The van der Waals surface area contributed by atoms with Crippen LogP contribution >= 0.6 is 0 Å². The van der Waals surface area contributed by atoms with Crippen molar-refractivity contribution in [2.45, 2.75) is 40.0 Å². The standard InChI is InChI=1S/C12H20N2O/c1-12(2,3)10-5-8-14(9-6-10)11(15)4-7-13/h10H,4-6,8-9H2,1-3H3. The van der Waals surface area contributed by atoms with Crippen molar-refractivity contribution in [3.05, 3.63) is 0 Å². The number of piperidine rings is 1. The summed E-state index contributed by atoms with van der Waals surface area (Å²) in [6, 6.07) is 1.92. The number of carbonyl (C=O) groups is 1. The van der Waals surface area contributed by atoms with Gasteiger partial charge in [-0.05, 0) is 24.2 Å². The van der Waals surface area contributed by atoms with Crippen molar-refractivity contribution in [3.63, 3.8) is 0 Å². The Bertz CT molecular complexity index is 264. The highest BCUT2D eigenvalue weighted by molar-refractivity contribution is 5.78. The second-order valence-corrected chi connectivity index (χ2v) is 5.36. The number of nitrogens with zero attached hydrogens (tertiary/aromatic N) is 2.